The molecule has 186 valence electrons. The van der Waals surface area contributed by atoms with E-state index in [1.54, 1.807) is 42.0 Å². The summed E-state index contributed by atoms with van der Waals surface area (Å²) < 4.78 is 6.22. The van der Waals surface area contributed by atoms with Crippen molar-refractivity contribution in [3.63, 3.8) is 0 Å². The van der Waals surface area contributed by atoms with Crippen LogP contribution in [0, 0.1) is 6.92 Å². The molecule has 1 saturated heterocycles. The average Bonchev–Trinajstić information content (AvgIpc) is 3.27. The van der Waals surface area contributed by atoms with Crippen LogP contribution < -0.4 is 15.2 Å². The van der Waals surface area contributed by atoms with Crippen LogP contribution in [-0.4, -0.2) is 64.6 Å². The molecule has 2 aromatic carbocycles. The summed E-state index contributed by atoms with van der Waals surface area (Å²) in [5, 5.41) is 6.50. The van der Waals surface area contributed by atoms with E-state index in [4.69, 9.17) is 4.74 Å². The van der Waals surface area contributed by atoms with Crippen molar-refractivity contribution in [2.45, 2.75) is 26.4 Å². The first kappa shape index (κ1) is 23.6. The number of nitrogens with zero attached hydrogens (tertiary/aromatic N) is 4. The Bertz CT molecular complexity index is 1350. The zero-order chi connectivity index (χ0) is 25.2. The molecule has 5 rings (SSSR count). The maximum atomic E-state index is 13.1. The quantitative estimate of drug-likeness (QED) is 0.594. The third-order valence-electron chi connectivity index (χ3n) is 7.02. The molecule has 3 aromatic rings. The number of aromatic amines is 1. The maximum absolute atomic E-state index is 13.1. The number of nitrogens with one attached hydrogen (secondary N) is 1. The van der Waals surface area contributed by atoms with Crippen LogP contribution in [0.25, 0.3) is 0 Å². The summed E-state index contributed by atoms with van der Waals surface area (Å²) in [4.78, 5) is 42.5. The van der Waals surface area contributed by atoms with Gasteiger partial charge in [0.05, 0.1) is 17.9 Å². The molecular weight excluding hydrogens is 458 g/mol. The zero-order valence-corrected chi connectivity index (χ0v) is 20.4. The Labute approximate surface area is 209 Å². The third-order valence-corrected chi connectivity index (χ3v) is 7.02. The fourth-order valence-electron chi connectivity index (χ4n) is 4.94. The van der Waals surface area contributed by atoms with Gasteiger partial charge in [-0.1, -0.05) is 30.3 Å². The summed E-state index contributed by atoms with van der Waals surface area (Å²) in [5.74, 6) is 0.570. The van der Waals surface area contributed by atoms with Crippen molar-refractivity contribution in [3.05, 3.63) is 87.3 Å². The van der Waals surface area contributed by atoms with Crippen molar-refractivity contribution in [1.29, 1.82) is 0 Å². The van der Waals surface area contributed by atoms with Gasteiger partial charge in [-0.3, -0.25) is 14.4 Å². The highest BCUT2D eigenvalue weighted by atomic mass is 16.5. The van der Waals surface area contributed by atoms with Crippen LogP contribution in [0.2, 0.25) is 0 Å². The molecule has 0 saturated carbocycles. The predicted octanol–water partition coefficient (Wildman–Crippen LogP) is 2.52. The highest BCUT2D eigenvalue weighted by molar-refractivity contribution is 5.94. The molecule has 9 heteroatoms. The number of piperazine rings is 1. The van der Waals surface area contributed by atoms with Gasteiger partial charge in [0.2, 0.25) is 5.91 Å². The first-order valence-corrected chi connectivity index (χ1v) is 12.1. The molecule has 2 aliphatic rings. The van der Waals surface area contributed by atoms with E-state index in [1.165, 1.54) is 5.56 Å². The number of fused-ring (bicyclic) bond motifs is 1. The van der Waals surface area contributed by atoms with E-state index in [0.717, 1.165) is 11.3 Å². The smallest absolute Gasteiger partial charge is 0.269 e. The van der Waals surface area contributed by atoms with Gasteiger partial charge >= 0.3 is 0 Å². The molecule has 2 aliphatic heterocycles. The van der Waals surface area contributed by atoms with Crippen molar-refractivity contribution in [3.8, 4) is 5.75 Å². The molecule has 2 amide bonds. The minimum absolute atomic E-state index is 0.0334. The van der Waals surface area contributed by atoms with Gasteiger partial charge in [0.1, 0.15) is 12.4 Å². The molecule has 1 atom stereocenters. The summed E-state index contributed by atoms with van der Waals surface area (Å²) in [6.45, 7) is 6.47. The van der Waals surface area contributed by atoms with Crippen molar-refractivity contribution in [2.75, 3.05) is 37.7 Å². The normalized spacial score (nSPS) is 17.2. The highest BCUT2D eigenvalue weighted by Crippen LogP contribution is 2.38. The second kappa shape index (κ2) is 9.85. The minimum atomic E-state index is -0.210. The Morgan fingerprint density at radius 3 is 2.58 bits per heavy atom. The van der Waals surface area contributed by atoms with E-state index >= 15 is 0 Å². The Kier molecular flexibility index (Phi) is 6.45. The molecule has 0 radical (unpaired) electrons. The van der Waals surface area contributed by atoms with Crippen LogP contribution in [0.15, 0.2) is 59.5 Å². The number of hydrogen-bond acceptors (Lipinski definition) is 6. The van der Waals surface area contributed by atoms with Gasteiger partial charge < -0.3 is 19.4 Å². The molecule has 9 nitrogen and oxygen atoms in total. The Hall–Kier alpha value is -4.14. The number of hydrogen-bond donors (Lipinski definition) is 1. The Balaban J connectivity index is 1.32. The maximum Gasteiger partial charge on any atom is 0.269 e. The summed E-state index contributed by atoms with van der Waals surface area (Å²) in [6, 6.07) is 15.3. The van der Waals surface area contributed by atoms with Crippen LogP contribution in [0.1, 0.15) is 40.0 Å². The SMILES string of the molecule is CC(=O)N1CCN(C(=O)c2cccc(OC[C@H]3c4ccccc4CN3c3cn[nH]c(=O)c3C)c2)CC1. The standard InChI is InChI=1S/C27H29N5O4/c1-18-24(15-28-29-26(18)34)32-16-21-6-3-4-9-23(21)25(32)17-36-22-8-5-7-20(14-22)27(35)31-12-10-30(11-13-31)19(2)33/h3-9,14-15,25H,10-13,16-17H2,1-2H3,(H,29,34)/t25-/m0/s1. The molecule has 1 N–H and O–H groups in total. The predicted molar refractivity (Wildman–Crippen MR) is 135 cm³/mol. The van der Waals surface area contributed by atoms with Crippen LogP contribution in [0.3, 0.4) is 0 Å². The second-order valence-corrected chi connectivity index (χ2v) is 9.19. The number of carbonyl (C=O) groups excluding carboxylic acids is 2. The zero-order valence-electron chi connectivity index (χ0n) is 20.4. The molecular formula is C27H29N5O4. The van der Waals surface area contributed by atoms with Crippen molar-refractivity contribution in [2.24, 2.45) is 0 Å². The van der Waals surface area contributed by atoms with Gasteiger partial charge in [0, 0.05) is 50.8 Å². The molecule has 1 fully saturated rings. The van der Waals surface area contributed by atoms with E-state index < -0.39 is 0 Å². The van der Waals surface area contributed by atoms with Crippen LogP contribution in [0.4, 0.5) is 5.69 Å². The van der Waals surface area contributed by atoms with Gasteiger partial charge in [-0.25, -0.2) is 5.10 Å². The number of amides is 2. The molecule has 0 aliphatic carbocycles. The number of anilines is 1. The van der Waals surface area contributed by atoms with Gasteiger partial charge in [0.15, 0.2) is 0 Å². The average molecular weight is 488 g/mol. The van der Waals surface area contributed by atoms with Gasteiger partial charge in [-0.2, -0.15) is 5.10 Å². The van der Waals surface area contributed by atoms with E-state index in [0.29, 0.717) is 56.2 Å². The van der Waals surface area contributed by atoms with Crippen LogP contribution in [0.5, 0.6) is 5.75 Å². The van der Waals surface area contributed by atoms with Crippen molar-refractivity contribution in [1.82, 2.24) is 20.0 Å². The lowest BCUT2D eigenvalue weighted by molar-refractivity contribution is -0.130. The lowest BCUT2D eigenvalue weighted by Crippen LogP contribution is -2.50. The van der Waals surface area contributed by atoms with E-state index in [-0.39, 0.29) is 23.4 Å². The lowest BCUT2D eigenvalue weighted by atomic mass is 10.1. The first-order chi connectivity index (χ1) is 17.4. The van der Waals surface area contributed by atoms with E-state index in [2.05, 4.69) is 27.2 Å². The molecule has 0 bridgehead atoms. The summed E-state index contributed by atoms with van der Waals surface area (Å²) in [6.07, 6.45) is 1.68. The highest BCUT2D eigenvalue weighted by Gasteiger charge is 2.32. The topological polar surface area (TPSA) is 98.8 Å². The molecule has 0 spiro atoms. The molecule has 1 aromatic heterocycles. The summed E-state index contributed by atoms with van der Waals surface area (Å²) in [5.41, 5.74) is 4.06. The number of ether oxygens (including phenoxy) is 1. The molecule has 36 heavy (non-hydrogen) atoms. The fourth-order valence-corrected chi connectivity index (χ4v) is 4.94. The number of carbonyl (C=O) groups is 2. The number of rotatable bonds is 5. The van der Waals surface area contributed by atoms with Gasteiger partial charge in [0.25, 0.3) is 11.5 Å². The Morgan fingerprint density at radius 1 is 1.06 bits per heavy atom. The largest absolute Gasteiger partial charge is 0.491 e. The van der Waals surface area contributed by atoms with Gasteiger partial charge in [-0.05, 0) is 36.2 Å². The fraction of sp³-hybridized carbons (Fsp3) is 0.333. The molecule has 3 heterocycles. The number of aromatic nitrogens is 2. The monoisotopic (exact) mass is 487 g/mol. The number of H-pyrrole nitrogens is 1. The van der Waals surface area contributed by atoms with Crippen LogP contribution in [-0.2, 0) is 11.3 Å². The van der Waals surface area contributed by atoms with Crippen molar-refractivity contribution < 1.29 is 14.3 Å². The van der Waals surface area contributed by atoms with E-state index in [1.807, 2.05) is 24.3 Å². The number of benzene rings is 2. The van der Waals surface area contributed by atoms with Crippen molar-refractivity contribution >= 4 is 17.5 Å². The second-order valence-electron chi connectivity index (χ2n) is 9.19. The van der Waals surface area contributed by atoms with E-state index in [9.17, 15) is 14.4 Å². The lowest BCUT2D eigenvalue weighted by Gasteiger charge is -2.34. The summed E-state index contributed by atoms with van der Waals surface area (Å²) >= 11 is 0. The van der Waals surface area contributed by atoms with Crippen LogP contribution >= 0.6 is 0 Å². The minimum Gasteiger partial charge on any atom is -0.491 e. The van der Waals surface area contributed by atoms with Gasteiger partial charge in [-0.15, -0.1) is 0 Å². The molecule has 0 unspecified atom stereocenters. The summed E-state index contributed by atoms with van der Waals surface area (Å²) in [7, 11) is 0. The Morgan fingerprint density at radius 2 is 1.81 bits per heavy atom. The first-order valence-electron chi connectivity index (χ1n) is 12.1. The third kappa shape index (κ3) is 4.56.